The van der Waals surface area contributed by atoms with Crippen LogP contribution < -0.4 is 0 Å². The molecule has 0 saturated carbocycles. The molecule has 0 amide bonds. The highest BCUT2D eigenvalue weighted by Gasteiger charge is 2.20. The summed E-state index contributed by atoms with van der Waals surface area (Å²) in [5.74, 6) is 0. The summed E-state index contributed by atoms with van der Waals surface area (Å²) in [6, 6.07) is -10.1. The minimum Gasteiger partial charge on any atom is -0.455 e. The van der Waals surface area contributed by atoms with Crippen molar-refractivity contribution in [3.05, 3.63) is 157 Å². The molecule has 1 nitrogen and oxygen atoms in total. The smallest absolute Gasteiger partial charge is 0.143 e. The zero-order valence-electron chi connectivity index (χ0n) is 43.7. The number of benzene rings is 8. The number of furan rings is 1. The van der Waals surface area contributed by atoms with Crippen LogP contribution in [0.1, 0.15) is 30.2 Å². The zero-order chi connectivity index (χ0) is 47.5. The predicted molar refractivity (Wildman–Crippen MR) is 183 cm³/mol. The molecule has 0 atom stereocenters. The second-order valence-corrected chi connectivity index (χ2v) is 9.57. The average Bonchev–Trinajstić information content (AvgIpc) is 3.67. The molecule has 1 heterocycles. The van der Waals surface area contributed by atoms with E-state index in [4.69, 9.17) is 29.1 Å². The van der Waals surface area contributed by atoms with Gasteiger partial charge in [0.05, 0.1) is 30.2 Å². The summed E-state index contributed by atoms with van der Waals surface area (Å²) in [6.45, 7) is 0. The maximum Gasteiger partial charge on any atom is 0.143 e. The highest BCUT2D eigenvalue weighted by molar-refractivity contribution is 6.24. The quantitative estimate of drug-likeness (QED) is 0.193. The molecule has 0 N–H and O–H groups in total. The van der Waals surface area contributed by atoms with Gasteiger partial charge in [-0.1, -0.05) is 139 Å². The van der Waals surface area contributed by atoms with Crippen molar-refractivity contribution in [2.75, 3.05) is 0 Å². The van der Waals surface area contributed by atoms with Crippen molar-refractivity contribution in [3.8, 4) is 33.4 Å². The first-order chi connectivity index (χ1) is 30.5. The van der Waals surface area contributed by atoms with Crippen LogP contribution in [0.4, 0.5) is 0 Å². The first-order valence-electron chi connectivity index (χ1n) is 24.0. The van der Waals surface area contributed by atoms with Gasteiger partial charge in [-0.2, -0.15) is 0 Å². The van der Waals surface area contributed by atoms with E-state index < -0.39 is 166 Å². The minimum absolute atomic E-state index is 0.0584. The normalized spacial score (nSPS) is 18.9. The fraction of sp³-hybridized carbons (Fsp3) is 0. The van der Waals surface area contributed by atoms with Gasteiger partial charge in [-0.15, -0.1) is 0 Å². The second kappa shape index (κ2) is 9.44. The monoisotopic (exact) mass is 568 g/mol. The molecule has 0 unspecified atom stereocenters. The van der Waals surface area contributed by atoms with Crippen molar-refractivity contribution < 1.29 is 34.6 Å². The Morgan fingerprint density at radius 2 is 1.00 bits per heavy atom. The first-order valence-corrected chi connectivity index (χ1v) is 13.0. The van der Waals surface area contributed by atoms with Crippen LogP contribution >= 0.6 is 0 Å². The number of hydrogen-bond donors (Lipinski definition) is 0. The second-order valence-electron chi connectivity index (χ2n) is 9.57. The lowest BCUT2D eigenvalue weighted by Gasteiger charge is -2.18. The fourth-order valence-corrected chi connectivity index (χ4v) is 5.43. The van der Waals surface area contributed by atoms with Gasteiger partial charge in [-0.05, 0) is 72.7 Å². The van der Waals surface area contributed by atoms with E-state index in [1.165, 1.54) is 12.1 Å². The number of hydrogen-bond acceptors (Lipinski definition) is 1. The van der Waals surface area contributed by atoms with Crippen LogP contribution in [-0.2, 0) is 0 Å². The molecule has 0 saturated heterocycles. The van der Waals surface area contributed by atoms with E-state index in [0.717, 1.165) is 12.1 Å². The van der Waals surface area contributed by atoms with Gasteiger partial charge in [0.2, 0.25) is 0 Å². The molecule has 0 radical (unpaired) electrons. The van der Waals surface area contributed by atoms with Gasteiger partial charge in [-0.3, -0.25) is 0 Å². The predicted octanol–water partition coefficient (Wildman–Crippen LogP) is 12.0. The van der Waals surface area contributed by atoms with Gasteiger partial charge in [0.15, 0.2) is 0 Å². The highest BCUT2D eigenvalue weighted by atomic mass is 16.3. The van der Waals surface area contributed by atoms with Gasteiger partial charge >= 0.3 is 0 Å². The summed E-state index contributed by atoms with van der Waals surface area (Å²) >= 11 is 0. The number of rotatable bonds is 3. The molecule has 1 heteroatoms. The number of fused-ring (bicyclic) bond motifs is 6. The maximum absolute atomic E-state index is 9.71. The largest absolute Gasteiger partial charge is 0.455 e. The summed E-state index contributed by atoms with van der Waals surface area (Å²) in [4.78, 5) is 0. The minimum atomic E-state index is -0.856. The molecule has 1 aromatic heterocycles. The van der Waals surface area contributed by atoms with Crippen molar-refractivity contribution in [3.63, 3.8) is 0 Å². The van der Waals surface area contributed by atoms with Crippen LogP contribution in [0.15, 0.2) is 162 Å². The van der Waals surface area contributed by atoms with Crippen molar-refractivity contribution in [1.82, 2.24) is 0 Å². The van der Waals surface area contributed by atoms with E-state index in [-0.39, 0.29) is 54.6 Å². The lowest BCUT2D eigenvalue weighted by molar-refractivity contribution is 0.670. The molecule has 0 aliphatic carbocycles. The molecular weight excluding hydrogens is 520 g/mol. The topological polar surface area (TPSA) is 13.1 Å². The molecule has 9 aromatic rings. The first kappa shape index (κ1) is 10.9. The zero-order valence-corrected chi connectivity index (χ0v) is 21.7. The Kier molecular flexibility index (Phi) is 2.39. The Morgan fingerprint density at radius 3 is 1.79 bits per heavy atom. The fourth-order valence-electron chi connectivity index (χ4n) is 5.43. The highest BCUT2D eigenvalue weighted by Crippen LogP contribution is 2.46. The summed E-state index contributed by atoms with van der Waals surface area (Å²) in [5.41, 5.74) is -3.07. The molecule has 9 rings (SSSR count). The summed E-state index contributed by atoms with van der Waals surface area (Å²) < 4.78 is 200. The van der Waals surface area contributed by atoms with E-state index in [0.29, 0.717) is 0 Å². The van der Waals surface area contributed by atoms with Gasteiger partial charge in [0, 0.05) is 21.9 Å². The lowest BCUT2D eigenvalue weighted by atomic mass is 9.85. The Balaban J connectivity index is 1.52. The van der Waals surface area contributed by atoms with Gasteiger partial charge in [0.25, 0.3) is 0 Å². The van der Waals surface area contributed by atoms with Crippen molar-refractivity contribution in [2.45, 2.75) is 0 Å². The van der Waals surface area contributed by atoms with E-state index >= 15 is 0 Å². The summed E-state index contributed by atoms with van der Waals surface area (Å²) in [6.07, 6.45) is 0. The Bertz CT molecular complexity index is 3670. The molecule has 0 aliphatic rings. The molecule has 200 valence electrons. The van der Waals surface area contributed by atoms with E-state index in [1.54, 1.807) is 0 Å². The third kappa shape index (κ3) is 3.72. The molecule has 0 aliphatic heterocycles. The molecule has 0 bridgehead atoms. The van der Waals surface area contributed by atoms with Crippen LogP contribution in [0.2, 0.25) is 0 Å². The average molecular weight is 569 g/mol. The van der Waals surface area contributed by atoms with Crippen LogP contribution in [0, 0.1) is 0 Å². The molecular formula is C42H26O. The van der Waals surface area contributed by atoms with Gasteiger partial charge < -0.3 is 4.42 Å². The third-order valence-corrected chi connectivity index (χ3v) is 7.25. The van der Waals surface area contributed by atoms with Crippen molar-refractivity contribution in [1.29, 1.82) is 0 Å². The maximum atomic E-state index is 9.71. The van der Waals surface area contributed by atoms with Crippen molar-refractivity contribution in [2.24, 2.45) is 0 Å². The van der Waals surface area contributed by atoms with Crippen LogP contribution in [0.3, 0.4) is 0 Å². The summed E-state index contributed by atoms with van der Waals surface area (Å²) in [7, 11) is 0. The van der Waals surface area contributed by atoms with Crippen LogP contribution in [-0.4, -0.2) is 0 Å². The molecule has 43 heavy (non-hydrogen) atoms. The van der Waals surface area contributed by atoms with Crippen molar-refractivity contribution >= 4 is 54.3 Å². The third-order valence-electron chi connectivity index (χ3n) is 7.25. The Labute approximate surface area is 280 Å². The molecule has 0 spiro atoms. The Morgan fingerprint density at radius 1 is 0.395 bits per heavy atom. The van der Waals surface area contributed by atoms with E-state index in [9.17, 15) is 5.48 Å². The van der Waals surface area contributed by atoms with Crippen LogP contribution in [0.25, 0.3) is 87.6 Å². The van der Waals surface area contributed by atoms with Crippen LogP contribution in [0.5, 0.6) is 0 Å². The number of para-hydroxylation sites is 2. The lowest BCUT2D eigenvalue weighted by Crippen LogP contribution is -1.91. The van der Waals surface area contributed by atoms with E-state index in [1.807, 2.05) is 0 Å². The molecule has 8 aromatic carbocycles. The summed E-state index contributed by atoms with van der Waals surface area (Å²) in [5, 5.41) is -1.77. The van der Waals surface area contributed by atoms with Gasteiger partial charge in [-0.25, -0.2) is 0 Å². The SMILES string of the molecule is [2H]c1cc2c(-c3c([2H])c([2H])c([2H])c(-c4c([2H])c([2H])c5c([2H])c([2H])c([2H])c([2H])c5c4[2H])c3[2H])c3cc([2H])c([2H])cc3c(-c3c([2H])c([2H])c([2H])c4c3oc3c([2H])c([2H])c([2H])c([2H])c34)c2cc1[2H]. The molecule has 0 fully saturated rings. The standard InChI is InChI=1S/C42H26O/c1-2-12-28-25-30(24-23-27(28)11-1)29-13-9-14-31(26-29)40-33-16-3-5-18-35(33)41(36-19-6-4-17-34(36)40)38-21-10-20-37-32-15-7-8-22-39(32)43-42(37)38/h1-26H/i1D,2D,3D,4D,5D,6D,7D,8D,9D,10D,11D,12D,13D,14D,15D,20D,21D,22D,23D,24D,25D,26D. The van der Waals surface area contributed by atoms with E-state index in [2.05, 4.69) is 0 Å². The Hall–Kier alpha value is -5.66. The van der Waals surface area contributed by atoms with Gasteiger partial charge in [0.1, 0.15) is 11.2 Å².